The normalized spacial score (nSPS) is 12.9. The first-order chi connectivity index (χ1) is 6.04. The number of primary amides is 1. The number of carbonyl (C=O) groups is 1. The van der Waals surface area contributed by atoms with E-state index in [0.29, 0.717) is 5.57 Å². The highest BCUT2D eigenvalue weighted by Crippen LogP contribution is 2.08. The molecule has 0 fully saturated rings. The Labute approximate surface area is 80.6 Å². The van der Waals surface area contributed by atoms with Gasteiger partial charge in [0.1, 0.15) is 0 Å². The molecule has 0 heterocycles. The maximum Gasteiger partial charge on any atom is 0.245 e. The van der Waals surface area contributed by atoms with Gasteiger partial charge in [0.2, 0.25) is 5.91 Å². The van der Waals surface area contributed by atoms with Crippen LogP contribution in [0.25, 0.3) is 0 Å². The average Bonchev–Trinajstić information content (AvgIpc) is 2.11. The lowest BCUT2D eigenvalue weighted by Gasteiger charge is -2.27. The largest absolute Gasteiger partial charge is 0.366 e. The number of rotatable bonds is 6. The Bertz CT molecular complexity index is 189. The molecule has 0 aromatic carbocycles. The van der Waals surface area contributed by atoms with Crippen LogP contribution >= 0.6 is 0 Å². The molecule has 0 radical (unpaired) electrons. The number of hydrogen-bond donors (Lipinski definition) is 1. The van der Waals surface area contributed by atoms with Crippen molar-refractivity contribution < 1.29 is 4.79 Å². The van der Waals surface area contributed by atoms with E-state index in [1.54, 1.807) is 0 Å². The molecule has 3 heteroatoms. The van der Waals surface area contributed by atoms with Crippen LogP contribution < -0.4 is 5.73 Å². The van der Waals surface area contributed by atoms with E-state index in [1.165, 1.54) is 0 Å². The highest BCUT2D eigenvalue weighted by molar-refractivity contribution is 5.92. The zero-order valence-electron chi connectivity index (χ0n) is 8.84. The van der Waals surface area contributed by atoms with Crippen LogP contribution in [0.5, 0.6) is 0 Å². The standard InChI is InChI=1S/C10H20N2O/c1-5-7-12(6-2)9(4)8(3)10(11)13/h9H,3,5-7H2,1-2,4H3,(H2,11,13). The second-order valence-electron chi connectivity index (χ2n) is 3.19. The molecule has 0 rings (SSSR count). The van der Waals surface area contributed by atoms with Gasteiger partial charge in [0, 0.05) is 11.6 Å². The van der Waals surface area contributed by atoms with E-state index in [2.05, 4.69) is 25.3 Å². The van der Waals surface area contributed by atoms with Crippen molar-refractivity contribution in [1.82, 2.24) is 4.90 Å². The summed E-state index contributed by atoms with van der Waals surface area (Å²) in [7, 11) is 0. The average molecular weight is 184 g/mol. The van der Waals surface area contributed by atoms with Crippen molar-refractivity contribution in [3.63, 3.8) is 0 Å². The predicted molar refractivity (Wildman–Crippen MR) is 55.3 cm³/mol. The van der Waals surface area contributed by atoms with Crippen LogP contribution in [0.3, 0.4) is 0 Å². The lowest BCUT2D eigenvalue weighted by Crippen LogP contribution is -2.38. The maximum atomic E-state index is 10.9. The Morgan fingerprint density at radius 3 is 2.38 bits per heavy atom. The number of likely N-dealkylation sites (N-methyl/N-ethyl adjacent to an activating group) is 1. The third-order valence-corrected chi connectivity index (χ3v) is 2.29. The molecular formula is C10H20N2O. The van der Waals surface area contributed by atoms with E-state index < -0.39 is 5.91 Å². The van der Waals surface area contributed by atoms with Crippen LogP contribution in [0.1, 0.15) is 27.2 Å². The van der Waals surface area contributed by atoms with Gasteiger partial charge in [0.25, 0.3) is 0 Å². The SMILES string of the molecule is C=C(C(N)=O)C(C)N(CC)CCC. The first-order valence-electron chi connectivity index (χ1n) is 4.77. The fourth-order valence-corrected chi connectivity index (χ4v) is 1.34. The summed E-state index contributed by atoms with van der Waals surface area (Å²) in [6, 6.07) is 0.0578. The van der Waals surface area contributed by atoms with Gasteiger partial charge in [-0.05, 0) is 26.4 Å². The van der Waals surface area contributed by atoms with Crippen LogP contribution in [0, 0.1) is 0 Å². The van der Waals surface area contributed by atoms with Gasteiger partial charge < -0.3 is 5.73 Å². The van der Waals surface area contributed by atoms with E-state index in [1.807, 2.05) is 6.92 Å². The van der Waals surface area contributed by atoms with Crippen LogP contribution in [0.4, 0.5) is 0 Å². The molecule has 1 unspecified atom stereocenters. The van der Waals surface area contributed by atoms with Gasteiger partial charge in [-0.1, -0.05) is 20.4 Å². The van der Waals surface area contributed by atoms with Crippen molar-refractivity contribution in [2.24, 2.45) is 5.73 Å². The zero-order chi connectivity index (χ0) is 10.4. The molecule has 0 aliphatic carbocycles. The van der Waals surface area contributed by atoms with Gasteiger partial charge in [0.05, 0.1) is 0 Å². The van der Waals surface area contributed by atoms with Crippen LogP contribution in [-0.2, 0) is 4.79 Å². The molecule has 1 amide bonds. The number of carbonyl (C=O) groups excluding carboxylic acids is 1. The second-order valence-corrected chi connectivity index (χ2v) is 3.19. The van der Waals surface area contributed by atoms with Crippen molar-refractivity contribution in [3.8, 4) is 0 Å². The van der Waals surface area contributed by atoms with Gasteiger partial charge in [0.15, 0.2) is 0 Å². The lowest BCUT2D eigenvalue weighted by atomic mass is 10.1. The fraction of sp³-hybridized carbons (Fsp3) is 0.700. The van der Waals surface area contributed by atoms with E-state index >= 15 is 0 Å². The number of nitrogens with zero attached hydrogens (tertiary/aromatic N) is 1. The van der Waals surface area contributed by atoms with E-state index in [-0.39, 0.29) is 6.04 Å². The summed E-state index contributed by atoms with van der Waals surface area (Å²) in [6.07, 6.45) is 1.07. The summed E-state index contributed by atoms with van der Waals surface area (Å²) in [5.74, 6) is -0.401. The van der Waals surface area contributed by atoms with E-state index in [4.69, 9.17) is 5.73 Å². The zero-order valence-corrected chi connectivity index (χ0v) is 8.84. The Kier molecular flexibility index (Phi) is 5.39. The molecular weight excluding hydrogens is 164 g/mol. The molecule has 2 N–H and O–H groups in total. The minimum Gasteiger partial charge on any atom is -0.366 e. The van der Waals surface area contributed by atoms with E-state index in [9.17, 15) is 4.79 Å². The molecule has 1 atom stereocenters. The quantitative estimate of drug-likeness (QED) is 0.629. The summed E-state index contributed by atoms with van der Waals surface area (Å²) in [5, 5.41) is 0. The Morgan fingerprint density at radius 1 is 1.54 bits per heavy atom. The maximum absolute atomic E-state index is 10.9. The van der Waals surface area contributed by atoms with Gasteiger partial charge in [-0.15, -0.1) is 0 Å². The third kappa shape index (κ3) is 3.59. The Balaban J connectivity index is 4.27. The fourth-order valence-electron chi connectivity index (χ4n) is 1.34. The second kappa shape index (κ2) is 5.75. The summed E-state index contributed by atoms with van der Waals surface area (Å²) in [6.45, 7) is 11.7. The summed E-state index contributed by atoms with van der Waals surface area (Å²) >= 11 is 0. The minimum atomic E-state index is -0.401. The molecule has 0 spiro atoms. The first kappa shape index (κ1) is 12.2. The minimum absolute atomic E-state index is 0.0578. The molecule has 3 nitrogen and oxygen atoms in total. The number of nitrogens with two attached hydrogens (primary N) is 1. The van der Waals surface area contributed by atoms with Crippen molar-refractivity contribution in [2.45, 2.75) is 33.2 Å². The monoisotopic (exact) mass is 184 g/mol. The molecule has 0 aromatic heterocycles. The molecule has 0 saturated heterocycles. The number of hydrogen-bond acceptors (Lipinski definition) is 2. The lowest BCUT2D eigenvalue weighted by molar-refractivity contribution is -0.115. The van der Waals surface area contributed by atoms with E-state index in [0.717, 1.165) is 19.5 Å². The summed E-state index contributed by atoms with van der Waals surface area (Å²) in [4.78, 5) is 13.0. The highest BCUT2D eigenvalue weighted by Gasteiger charge is 2.17. The molecule has 0 bridgehead atoms. The molecule has 76 valence electrons. The Hall–Kier alpha value is -0.830. The molecule has 0 aliphatic heterocycles. The van der Waals surface area contributed by atoms with Crippen LogP contribution in [0.15, 0.2) is 12.2 Å². The molecule has 13 heavy (non-hydrogen) atoms. The molecule has 0 saturated carbocycles. The van der Waals surface area contributed by atoms with Crippen molar-refractivity contribution in [3.05, 3.63) is 12.2 Å². The summed E-state index contributed by atoms with van der Waals surface area (Å²) < 4.78 is 0. The summed E-state index contributed by atoms with van der Waals surface area (Å²) in [5.41, 5.74) is 5.66. The molecule has 0 aliphatic rings. The van der Waals surface area contributed by atoms with Gasteiger partial charge in [-0.25, -0.2) is 0 Å². The predicted octanol–water partition coefficient (Wildman–Crippen LogP) is 1.15. The van der Waals surface area contributed by atoms with Crippen LogP contribution in [0.2, 0.25) is 0 Å². The van der Waals surface area contributed by atoms with Gasteiger partial charge >= 0.3 is 0 Å². The van der Waals surface area contributed by atoms with Crippen molar-refractivity contribution in [2.75, 3.05) is 13.1 Å². The third-order valence-electron chi connectivity index (χ3n) is 2.29. The number of amides is 1. The topological polar surface area (TPSA) is 46.3 Å². The first-order valence-corrected chi connectivity index (χ1v) is 4.77. The van der Waals surface area contributed by atoms with Crippen molar-refractivity contribution >= 4 is 5.91 Å². The van der Waals surface area contributed by atoms with Gasteiger partial charge in [-0.2, -0.15) is 0 Å². The van der Waals surface area contributed by atoms with Crippen LogP contribution in [-0.4, -0.2) is 29.9 Å². The highest BCUT2D eigenvalue weighted by atomic mass is 16.1. The van der Waals surface area contributed by atoms with Gasteiger partial charge in [-0.3, -0.25) is 9.69 Å². The Morgan fingerprint density at radius 2 is 2.08 bits per heavy atom. The van der Waals surface area contributed by atoms with Crippen molar-refractivity contribution in [1.29, 1.82) is 0 Å². The molecule has 0 aromatic rings. The smallest absolute Gasteiger partial charge is 0.245 e.